The molecule has 2 aromatic carbocycles. The molecule has 0 aliphatic rings. The fourth-order valence-electron chi connectivity index (χ4n) is 1.82. The van der Waals surface area contributed by atoms with Crippen LogP contribution in [0.1, 0.15) is 11.6 Å². The van der Waals surface area contributed by atoms with Gasteiger partial charge in [0.2, 0.25) is 0 Å². The van der Waals surface area contributed by atoms with Crippen molar-refractivity contribution in [1.29, 1.82) is 0 Å². The molecule has 0 spiro atoms. The van der Waals surface area contributed by atoms with Crippen LogP contribution in [-0.2, 0) is 0 Å². The number of thioether (sulfide) groups is 1. The highest BCUT2D eigenvalue weighted by molar-refractivity contribution is 7.99. The van der Waals surface area contributed by atoms with Crippen molar-refractivity contribution >= 4 is 11.8 Å². The van der Waals surface area contributed by atoms with E-state index in [2.05, 4.69) is 5.32 Å². The Morgan fingerprint density at radius 1 is 1.11 bits per heavy atom. The summed E-state index contributed by atoms with van der Waals surface area (Å²) >= 11 is 1.50. The second kappa shape index (κ2) is 6.68. The molecular weight excluding hydrogens is 264 g/mol. The first-order valence-electron chi connectivity index (χ1n) is 6.01. The molecule has 0 amide bonds. The quantitative estimate of drug-likeness (QED) is 0.830. The third kappa shape index (κ3) is 3.78. The van der Waals surface area contributed by atoms with Gasteiger partial charge in [-0.25, -0.2) is 8.78 Å². The molecule has 1 unspecified atom stereocenters. The molecule has 19 heavy (non-hydrogen) atoms. The highest BCUT2D eigenvalue weighted by Gasteiger charge is 2.13. The number of nitrogens with one attached hydrogen (secondary N) is 1. The van der Waals surface area contributed by atoms with Crippen LogP contribution in [0.2, 0.25) is 0 Å². The van der Waals surface area contributed by atoms with E-state index in [1.165, 1.54) is 30.0 Å². The van der Waals surface area contributed by atoms with Gasteiger partial charge in [0.1, 0.15) is 11.6 Å². The Morgan fingerprint density at radius 2 is 1.89 bits per heavy atom. The number of rotatable bonds is 5. The predicted octanol–water partition coefficient (Wildman–Crippen LogP) is 4.02. The van der Waals surface area contributed by atoms with Crippen LogP contribution in [0.25, 0.3) is 0 Å². The molecule has 2 rings (SSSR count). The summed E-state index contributed by atoms with van der Waals surface area (Å²) in [5, 5.41) is 3.09. The van der Waals surface area contributed by atoms with Crippen LogP contribution in [0.3, 0.4) is 0 Å². The van der Waals surface area contributed by atoms with Gasteiger partial charge >= 0.3 is 0 Å². The van der Waals surface area contributed by atoms with E-state index in [4.69, 9.17) is 0 Å². The highest BCUT2D eigenvalue weighted by atomic mass is 32.2. The summed E-state index contributed by atoms with van der Waals surface area (Å²) in [4.78, 5) is 0.844. The van der Waals surface area contributed by atoms with Crippen molar-refractivity contribution in [2.75, 3.05) is 12.8 Å². The normalized spacial score (nSPS) is 12.4. The zero-order valence-corrected chi connectivity index (χ0v) is 11.4. The van der Waals surface area contributed by atoms with Crippen LogP contribution in [0.15, 0.2) is 53.4 Å². The van der Waals surface area contributed by atoms with Crippen molar-refractivity contribution in [2.45, 2.75) is 10.9 Å². The largest absolute Gasteiger partial charge is 0.312 e. The van der Waals surface area contributed by atoms with Crippen molar-refractivity contribution < 1.29 is 8.78 Å². The van der Waals surface area contributed by atoms with Gasteiger partial charge in [-0.15, -0.1) is 11.8 Å². The molecule has 0 saturated carbocycles. The summed E-state index contributed by atoms with van der Waals surface area (Å²) in [6.45, 7) is 0. The van der Waals surface area contributed by atoms with Gasteiger partial charge in [-0.1, -0.05) is 24.3 Å². The third-order valence-corrected chi connectivity index (χ3v) is 3.93. The summed E-state index contributed by atoms with van der Waals surface area (Å²) in [5.41, 5.74) is 0.633. The van der Waals surface area contributed by atoms with E-state index in [0.717, 1.165) is 4.90 Å². The zero-order valence-electron chi connectivity index (χ0n) is 10.6. The molecule has 0 saturated heterocycles. The molecule has 100 valence electrons. The summed E-state index contributed by atoms with van der Waals surface area (Å²) in [7, 11) is 1.79. The molecule has 0 heterocycles. The van der Waals surface area contributed by atoms with Crippen molar-refractivity contribution in [2.24, 2.45) is 0 Å². The van der Waals surface area contributed by atoms with Crippen molar-refractivity contribution in [3.05, 3.63) is 65.7 Å². The maximum atomic E-state index is 13.7. The Balaban J connectivity index is 2.06. The van der Waals surface area contributed by atoms with Crippen LogP contribution in [0.5, 0.6) is 0 Å². The standard InChI is InChI=1S/C15H15F2NS/c1-18-15(13-7-2-3-8-14(13)17)10-19-12-6-4-5-11(16)9-12/h2-9,15,18H,10H2,1H3. The fraction of sp³-hybridized carbons (Fsp3) is 0.200. The summed E-state index contributed by atoms with van der Waals surface area (Å²) in [6, 6.07) is 13.0. The fourth-order valence-corrected chi connectivity index (χ4v) is 2.90. The molecule has 0 fully saturated rings. The lowest BCUT2D eigenvalue weighted by Gasteiger charge is -2.17. The van der Waals surface area contributed by atoms with Crippen molar-refractivity contribution in [1.82, 2.24) is 5.32 Å². The van der Waals surface area contributed by atoms with Crippen LogP contribution in [0.4, 0.5) is 8.78 Å². The molecule has 1 nitrogen and oxygen atoms in total. The van der Waals surface area contributed by atoms with E-state index in [1.54, 1.807) is 25.2 Å². The zero-order chi connectivity index (χ0) is 13.7. The van der Waals surface area contributed by atoms with E-state index in [-0.39, 0.29) is 17.7 Å². The first-order valence-corrected chi connectivity index (χ1v) is 6.99. The molecule has 0 aliphatic heterocycles. The van der Waals surface area contributed by atoms with Gasteiger partial charge in [-0.2, -0.15) is 0 Å². The number of hydrogen-bond donors (Lipinski definition) is 1. The molecule has 0 bridgehead atoms. The van der Waals surface area contributed by atoms with Gasteiger partial charge < -0.3 is 5.32 Å². The van der Waals surface area contributed by atoms with E-state index in [0.29, 0.717) is 11.3 Å². The Morgan fingerprint density at radius 3 is 2.58 bits per heavy atom. The first kappa shape index (κ1) is 14.0. The Kier molecular flexibility index (Phi) is 4.93. The van der Waals surface area contributed by atoms with Gasteiger partial charge in [0.05, 0.1) is 0 Å². The van der Waals surface area contributed by atoms with E-state index < -0.39 is 0 Å². The SMILES string of the molecule is CNC(CSc1cccc(F)c1)c1ccccc1F. The molecule has 0 aliphatic carbocycles. The molecule has 0 radical (unpaired) electrons. The van der Waals surface area contributed by atoms with Gasteiger partial charge in [0, 0.05) is 22.3 Å². The Labute approximate surface area is 116 Å². The number of halogens is 2. The minimum atomic E-state index is -0.253. The van der Waals surface area contributed by atoms with Crippen LogP contribution in [0, 0.1) is 11.6 Å². The Hall–Kier alpha value is -1.39. The second-order valence-corrected chi connectivity index (χ2v) is 5.22. The van der Waals surface area contributed by atoms with Crippen molar-refractivity contribution in [3.8, 4) is 0 Å². The monoisotopic (exact) mass is 279 g/mol. The minimum Gasteiger partial charge on any atom is -0.312 e. The second-order valence-electron chi connectivity index (χ2n) is 4.13. The Bertz CT molecular complexity index is 545. The van der Waals surface area contributed by atoms with Crippen LogP contribution in [-0.4, -0.2) is 12.8 Å². The molecule has 2 aromatic rings. The van der Waals surface area contributed by atoms with Crippen molar-refractivity contribution in [3.63, 3.8) is 0 Å². The summed E-state index contributed by atoms with van der Waals surface area (Å²) in [6.07, 6.45) is 0. The average Bonchev–Trinajstić information content (AvgIpc) is 2.41. The maximum absolute atomic E-state index is 13.7. The lowest BCUT2D eigenvalue weighted by Crippen LogP contribution is -2.19. The maximum Gasteiger partial charge on any atom is 0.128 e. The highest BCUT2D eigenvalue weighted by Crippen LogP contribution is 2.26. The molecule has 1 N–H and O–H groups in total. The molecular formula is C15H15F2NS. The first-order chi connectivity index (χ1) is 9.20. The number of hydrogen-bond acceptors (Lipinski definition) is 2. The summed E-state index contributed by atoms with van der Waals surface area (Å²) < 4.78 is 26.8. The lowest BCUT2D eigenvalue weighted by atomic mass is 10.1. The molecule has 4 heteroatoms. The van der Waals surface area contributed by atoms with Crippen LogP contribution >= 0.6 is 11.8 Å². The van der Waals surface area contributed by atoms with Gasteiger partial charge in [0.25, 0.3) is 0 Å². The summed E-state index contributed by atoms with van der Waals surface area (Å²) in [5.74, 6) is 0.166. The van der Waals surface area contributed by atoms with Gasteiger partial charge in [-0.05, 0) is 31.3 Å². The smallest absolute Gasteiger partial charge is 0.128 e. The van der Waals surface area contributed by atoms with E-state index in [1.807, 2.05) is 12.1 Å². The predicted molar refractivity (Wildman–Crippen MR) is 75.3 cm³/mol. The van der Waals surface area contributed by atoms with Crippen LogP contribution < -0.4 is 5.32 Å². The van der Waals surface area contributed by atoms with Gasteiger partial charge in [-0.3, -0.25) is 0 Å². The number of benzene rings is 2. The topological polar surface area (TPSA) is 12.0 Å². The van der Waals surface area contributed by atoms with E-state index in [9.17, 15) is 8.78 Å². The minimum absolute atomic E-state index is 0.102. The average molecular weight is 279 g/mol. The van der Waals surface area contributed by atoms with Gasteiger partial charge in [0.15, 0.2) is 0 Å². The molecule has 0 aromatic heterocycles. The van der Waals surface area contributed by atoms with E-state index >= 15 is 0 Å². The third-order valence-electron chi connectivity index (χ3n) is 2.84. The lowest BCUT2D eigenvalue weighted by molar-refractivity contribution is 0.565. The molecule has 1 atom stereocenters.